The highest BCUT2D eigenvalue weighted by Crippen LogP contribution is 2.43. The van der Waals surface area contributed by atoms with Gasteiger partial charge in [-0.15, -0.1) is 0 Å². The summed E-state index contributed by atoms with van der Waals surface area (Å²) in [6, 6.07) is 18.7. The van der Waals surface area contributed by atoms with Gasteiger partial charge in [0, 0.05) is 31.1 Å². The molecule has 154 valence electrons. The maximum absolute atomic E-state index is 10.1. The van der Waals surface area contributed by atoms with Crippen LogP contribution in [0.2, 0.25) is 0 Å². The topological polar surface area (TPSA) is 26.7 Å². The zero-order valence-electron chi connectivity index (χ0n) is 17.6. The van der Waals surface area contributed by atoms with Crippen molar-refractivity contribution in [3.8, 4) is 11.1 Å². The summed E-state index contributed by atoms with van der Waals surface area (Å²) in [5.74, 6) is 1.40. The zero-order valence-corrected chi connectivity index (χ0v) is 17.6. The van der Waals surface area contributed by atoms with Crippen molar-refractivity contribution < 1.29 is 5.11 Å². The fourth-order valence-corrected chi connectivity index (χ4v) is 5.57. The molecule has 5 rings (SSSR count). The molecule has 2 heterocycles. The number of fused-ring (bicyclic) bond motifs is 1. The van der Waals surface area contributed by atoms with Gasteiger partial charge < -0.3 is 10.0 Å². The van der Waals surface area contributed by atoms with Crippen LogP contribution in [0.4, 0.5) is 0 Å². The second-order valence-corrected chi connectivity index (χ2v) is 9.48. The fourth-order valence-electron chi connectivity index (χ4n) is 5.57. The van der Waals surface area contributed by atoms with Crippen molar-refractivity contribution in [2.75, 3.05) is 32.8 Å². The Balaban J connectivity index is 1.36. The smallest absolute Gasteiger partial charge is 0.0593 e. The van der Waals surface area contributed by atoms with Crippen LogP contribution in [0.5, 0.6) is 0 Å². The zero-order chi connectivity index (χ0) is 19.8. The molecular weight excluding hydrogens is 356 g/mol. The van der Waals surface area contributed by atoms with Crippen molar-refractivity contribution in [2.45, 2.75) is 50.6 Å². The maximum Gasteiger partial charge on any atom is 0.0593 e. The summed E-state index contributed by atoms with van der Waals surface area (Å²) in [6.45, 7) is 7.26. The van der Waals surface area contributed by atoms with Crippen molar-refractivity contribution in [1.29, 1.82) is 0 Å². The number of aryl methyl sites for hydroxylation is 1. The van der Waals surface area contributed by atoms with E-state index in [1.54, 1.807) is 0 Å². The van der Waals surface area contributed by atoms with E-state index in [4.69, 9.17) is 0 Å². The first-order valence-electron chi connectivity index (χ1n) is 11.5. The lowest BCUT2D eigenvalue weighted by atomic mass is 9.74. The van der Waals surface area contributed by atoms with Gasteiger partial charge in [-0.3, -0.25) is 4.90 Å². The van der Waals surface area contributed by atoms with Crippen LogP contribution in [0.15, 0.2) is 48.5 Å². The normalized spacial score (nSPS) is 28.3. The van der Waals surface area contributed by atoms with Crippen LogP contribution < -0.4 is 0 Å². The minimum atomic E-state index is 0.267. The van der Waals surface area contributed by atoms with Gasteiger partial charge in [-0.05, 0) is 68.3 Å². The summed E-state index contributed by atoms with van der Waals surface area (Å²) >= 11 is 0. The van der Waals surface area contributed by atoms with E-state index in [1.807, 2.05) is 0 Å². The monoisotopic (exact) mass is 390 g/mol. The van der Waals surface area contributed by atoms with Crippen LogP contribution in [0.3, 0.4) is 0 Å². The van der Waals surface area contributed by atoms with Gasteiger partial charge in [0.15, 0.2) is 0 Å². The number of aliphatic hydroxyl groups excluding tert-OH is 1. The molecule has 1 aliphatic carbocycles. The summed E-state index contributed by atoms with van der Waals surface area (Å²) in [5.41, 5.74) is 5.26. The second-order valence-electron chi connectivity index (χ2n) is 9.48. The van der Waals surface area contributed by atoms with Crippen LogP contribution in [0.25, 0.3) is 11.1 Å². The quantitative estimate of drug-likeness (QED) is 0.825. The van der Waals surface area contributed by atoms with Crippen LogP contribution in [0, 0.1) is 12.8 Å². The summed E-state index contributed by atoms with van der Waals surface area (Å²) in [5, 5.41) is 10.1. The lowest BCUT2D eigenvalue weighted by molar-refractivity contribution is -0.0649. The SMILES string of the molecule is Cc1cccc(-c2ccc([C@@H]3[C@@H](CO)N4CCCCN(CC5CC5)C[C@@H]34)cc2)c1. The van der Waals surface area contributed by atoms with Crippen molar-refractivity contribution in [3.05, 3.63) is 59.7 Å². The number of aliphatic hydroxyl groups is 1. The highest BCUT2D eigenvalue weighted by atomic mass is 16.3. The first-order chi connectivity index (χ1) is 14.2. The van der Waals surface area contributed by atoms with E-state index in [0.29, 0.717) is 12.0 Å². The van der Waals surface area contributed by atoms with E-state index >= 15 is 0 Å². The number of nitrogens with zero attached hydrogens (tertiary/aromatic N) is 2. The molecule has 0 amide bonds. The Labute approximate surface area is 175 Å². The van der Waals surface area contributed by atoms with Gasteiger partial charge in [-0.2, -0.15) is 0 Å². The van der Waals surface area contributed by atoms with Gasteiger partial charge in [0.1, 0.15) is 0 Å². The standard InChI is InChI=1S/C26H34N2O/c1-19-5-4-6-23(15-19)21-9-11-22(12-10-21)26-24-17-27(16-20-7-8-20)13-2-3-14-28(24)25(26)18-29/h4-6,9-12,15,20,24-26,29H,2-3,7-8,13-14,16-18H2,1H3/t24-,25+,26-/m0/s1. The Kier molecular flexibility index (Phi) is 5.47. The molecule has 0 unspecified atom stereocenters. The van der Waals surface area contributed by atoms with E-state index in [9.17, 15) is 5.11 Å². The Morgan fingerprint density at radius 1 is 0.966 bits per heavy atom. The largest absolute Gasteiger partial charge is 0.395 e. The van der Waals surface area contributed by atoms with Crippen LogP contribution in [-0.4, -0.2) is 59.8 Å². The molecule has 2 aliphatic heterocycles. The van der Waals surface area contributed by atoms with Gasteiger partial charge in [-0.25, -0.2) is 0 Å². The molecule has 3 heteroatoms. The summed E-state index contributed by atoms with van der Waals surface area (Å²) in [7, 11) is 0. The van der Waals surface area contributed by atoms with Gasteiger partial charge in [0.25, 0.3) is 0 Å². The van der Waals surface area contributed by atoms with Crippen molar-refractivity contribution in [2.24, 2.45) is 5.92 Å². The van der Waals surface area contributed by atoms with Crippen molar-refractivity contribution in [1.82, 2.24) is 9.80 Å². The molecule has 3 fully saturated rings. The molecule has 0 bridgehead atoms. The minimum Gasteiger partial charge on any atom is -0.395 e. The number of hydrogen-bond donors (Lipinski definition) is 1. The average molecular weight is 391 g/mol. The van der Waals surface area contributed by atoms with Crippen molar-refractivity contribution >= 4 is 0 Å². The number of rotatable bonds is 5. The van der Waals surface area contributed by atoms with Crippen molar-refractivity contribution in [3.63, 3.8) is 0 Å². The molecule has 3 aliphatic rings. The molecule has 2 aromatic rings. The van der Waals surface area contributed by atoms with Gasteiger partial charge in [-0.1, -0.05) is 54.1 Å². The molecule has 0 spiro atoms. The molecule has 0 radical (unpaired) electrons. The lowest BCUT2D eigenvalue weighted by Crippen LogP contribution is -2.67. The highest BCUT2D eigenvalue weighted by molar-refractivity contribution is 5.64. The van der Waals surface area contributed by atoms with Crippen LogP contribution in [0.1, 0.15) is 42.7 Å². The van der Waals surface area contributed by atoms with Crippen LogP contribution >= 0.6 is 0 Å². The van der Waals surface area contributed by atoms with Gasteiger partial charge in [0.2, 0.25) is 0 Å². The van der Waals surface area contributed by atoms with Gasteiger partial charge >= 0.3 is 0 Å². The third-order valence-corrected chi connectivity index (χ3v) is 7.31. The molecule has 3 atom stereocenters. The van der Waals surface area contributed by atoms with E-state index in [1.165, 1.54) is 61.0 Å². The Bertz CT molecular complexity index is 829. The number of benzene rings is 2. The summed E-state index contributed by atoms with van der Waals surface area (Å²) in [4.78, 5) is 5.31. The fraction of sp³-hybridized carbons (Fsp3) is 0.538. The molecule has 1 N–H and O–H groups in total. The van der Waals surface area contributed by atoms with E-state index in [-0.39, 0.29) is 12.6 Å². The third-order valence-electron chi connectivity index (χ3n) is 7.31. The predicted molar refractivity (Wildman–Crippen MR) is 119 cm³/mol. The Hall–Kier alpha value is -1.68. The van der Waals surface area contributed by atoms with E-state index in [2.05, 4.69) is 65.3 Å². The van der Waals surface area contributed by atoms with Crippen LogP contribution in [-0.2, 0) is 0 Å². The minimum absolute atomic E-state index is 0.267. The van der Waals surface area contributed by atoms with E-state index in [0.717, 1.165) is 19.0 Å². The number of hydrogen-bond acceptors (Lipinski definition) is 3. The van der Waals surface area contributed by atoms with Gasteiger partial charge in [0.05, 0.1) is 6.61 Å². The van der Waals surface area contributed by atoms with E-state index < -0.39 is 0 Å². The average Bonchev–Trinajstić information content (AvgIpc) is 3.53. The second kappa shape index (κ2) is 8.22. The predicted octanol–water partition coefficient (Wildman–Crippen LogP) is 4.30. The molecule has 1 saturated carbocycles. The highest BCUT2D eigenvalue weighted by Gasteiger charge is 2.49. The molecule has 29 heavy (non-hydrogen) atoms. The summed E-state index contributed by atoms with van der Waals surface area (Å²) in [6.07, 6.45) is 5.40. The molecule has 0 aromatic heterocycles. The molecule has 2 aromatic carbocycles. The first kappa shape index (κ1) is 19.3. The Morgan fingerprint density at radius 3 is 2.48 bits per heavy atom. The molecule has 3 nitrogen and oxygen atoms in total. The maximum atomic E-state index is 10.1. The Morgan fingerprint density at radius 2 is 1.76 bits per heavy atom. The first-order valence-corrected chi connectivity index (χ1v) is 11.5. The molecular formula is C26H34N2O. The third kappa shape index (κ3) is 4.01. The summed E-state index contributed by atoms with van der Waals surface area (Å²) < 4.78 is 0. The lowest BCUT2D eigenvalue weighted by Gasteiger charge is -2.57. The molecule has 2 saturated heterocycles.